The van der Waals surface area contributed by atoms with Gasteiger partial charge in [0.25, 0.3) is 20.2 Å². The molecule has 0 radical (unpaired) electrons. The summed E-state index contributed by atoms with van der Waals surface area (Å²) in [7, 11) is -9.34. The number of hydrogen-bond acceptors (Lipinski definition) is 12. The number of benzene rings is 2. The van der Waals surface area contributed by atoms with Crippen LogP contribution in [0.1, 0.15) is 12.8 Å². The summed E-state index contributed by atoms with van der Waals surface area (Å²) in [4.78, 5) is 22.6. The molecule has 0 fully saturated rings. The van der Waals surface area contributed by atoms with Gasteiger partial charge < -0.3 is 19.7 Å². The molecule has 0 aliphatic rings. The summed E-state index contributed by atoms with van der Waals surface area (Å²) in [6, 6.07) is 4.61. The topological polar surface area (TPSA) is 249 Å². The van der Waals surface area contributed by atoms with Gasteiger partial charge in [-0.1, -0.05) is 0 Å². The minimum Gasteiger partial charge on any atom is -0.504 e. The van der Waals surface area contributed by atoms with Crippen LogP contribution in [0.4, 0.5) is 0 Å². The van der Waals surface area contributed by atoms with Crippen LogP contribution in [0.5, 0.6) is 23.0 Å². The lowest BCUT2D eigenvalue weighted by atomic mass is 10.1. The zero-order valence-electron chi connectivity index (χ0n) is 16.7. The second-order valence-corrected chi connectivity index (χ2v) is 9.29. The highest BCUT2D eigenvalue weighted by atomic mass is 32.2. The summed E-state index contributed by atoms with van der Waals surface area (Å²) < 4.78 is 72.0. The van der Waals surface area contributed by atoms with Crippen molar-refractivity contribution in [2.75, 3.05) is 0 Å². The molecular formula is C18H16N2O12S2. The third-order valence-electron chi connectivity index (χ3n) is 3.98. The van der Waals surface area contributed by atoms with Gasteiger partial charge in [-0.3, -0.25) is 19.9 Å². The van der Waals surface area contributed by atoms with Crippen molar-refractivity contribution in [1.29, 1.82) is 10.8 Å². The number of nitrogens with one attached hydrogen (secondary N) is 2. The summed E-state index contributed by atoms with van der Waals surface area (Å²) in [5.74, 6) is -5.40. The number of carbonyl (C=O) groups is 2. The van der Waals surface area contributed by atoms with E-state index in [1.807, 2.05) is 0 Å². The predicted octanol–water partition coefficient (Wildman–Crippen LogP) is 0.922. The van der Waals surface area contributed by atoms with Crippen LogP contribution in [0.3, 0.4) is 0 Å². The number of rotatable bonds is 9. The third-order valence-corrected chi connectivity index (χ3v) is 5.68. The number of hydrogen-bond donors (Lipinski definition) is 6. The first kappa shape index (κ1) is 26.4. The number of aromatic hydroxyl groups is 2. The highest BCUT2D eigenvalue weighted by Gasteiger charge is 2.21. The number of esters is 2. The van der Waals surface area contributed by atoms with Crippen LogP contribution in [0, 0.1) is 10.8 Å². The SMILES string of the molecule is N=C(CCC(=N)C(=O)Oc1cc(S(=O)(=O)O)ccc1O)C(=O)Oc1cc(S(=O)(=O)O)ccc1O. The van der Waals surface area contributed by atoms with Gasteiger partial charge >= 0.3 is 11.9 Å². The van der Waals surface area contributed by atoms with E-state index in [9.17, 15) is 36.6 Å². The Bertz CT molecular complexity index is 1290. The molecule has 0 aliphatic carbocycles. The average molecular weight is 516 g/mol. The van der Waals surface area contributed by atoms with Crippen molar-refractivity contribution in [1.82, 2.24) is 0 Å². The Morgan fingerprint density at radius 1 is 0.706 bits per heavy atom. The fraction of sp³-hybridized carbons (Fsp3) is 0.111. The Hall–Kier alpha value is -3.86. The van der Waals surface area contributed by atoms with Crippen LogP contribution >= 0.6 is 0 Å². The molecule has 0 saturated heterocycles. The normalized spacial score (nSPS) is 11.5. The van der Waals surface area contributed by atoms with Crippen molar-refractivity contribution < 1.29 is 55.2 Å². The van der Waals surface area contributed by atoms with E-state index < -0.39 is 89.2 Å². The monoisotopic (exact) mass is 516 g/mol. The molecule has 16 heteroatoms. The predicted molar refractivity (Wildman–Crippen MR) is 112 cm³/mol. The van der Waals surface area contributed by atoms with E-state index in [-0.39, 0.29) is 0 Å². The van der Waals surface area contributed by atoms with E-state index in [1.54, 1.807) is 0 Å². The molecule has 0 aliphatic heterocycles. The first-order valence-electron chi connectivity index (χ1n) is 8.80. The van der Waals surface area contributed by atoms with Crippen molar-refractivity contribution in [3.63, 3.8) is 0 Å². The second-order valence-electron chi connectivity index (χ2n) is 6.45. The van der Waals surface area contributed by atoms with Gasteiger partial charge in [0, 0.05) is 25.0 Å². The fourth-order valence-corrected chi connectivity index (χ4v) is 3.24. The summed E-state index contributed by atoms with van der Waals surface area (Å²) in [5.41, 5.74) is -1.57. The highest BCUT2D eigenvalue weighted by molar-refractivity contribution is 7.86. The van der Waals surface area contributed by atoms with E-state index in [0.29, 0.717) is 12.1 Å². The van der Waals surface area contributed by atoms with E-state index in [0.717, 1.165) is 24.3 Å². The number of phenols is 2. The summed E-state index contributed by atoms with van der Waals surface area (Å²) >= 11 is 0. The van der Waals surface area contributed by atoms with Gasteiger partial charge in [0.15, 0.2) is 23.0 Å². The molecule has 2 aromatic carbocycles. The first-order chi connectivity index (χ1) is 15.6. The largest absolute Gasteiger partial charge is 0.504 e. The number of phenolic OH excluding ortho intramolecular Hbond substituents is 2. The summed E-state index contributed by atoms with van der Waals surface area (Å²) in [6.45, 7) is 0. The molecule has 0 aromatic heterocycles. The van der Waals surface area contributed by atoms with Crippen molar-refractivity contribution >= 4 is 43.6 Å². The minimum atomic E-state index is -4.67. The Morgan fingerprint density at radius 2 is 1.03 bits per heavy atom. The second kappa shape index (κ2) is 9.96. The molecule has 2 rings (SSSR count). The van der Waals surface area contributed by atoms with Crippen LogP contribution in [-0.2, 0) is 29.8 Å². The third kappa shape index (κ3) is 6.82. The lowest BCUT2D eigenvalue weighted by Crippen LogP contribution is -2.24. The van der Waals surface area contributed by atoms with Gasteiger partial charge in [-0.25, -0.2) is 9.59 Å². The lowest BCUT2D eigenvalue weighted by molar-refractivity contribution is -0.128. The van der Waals surface area contributed by atoms with Gasteiger partial charge in [-0.15, -0.1) is 0 Å². The zero-order valence-corrected chi connectivity index (χ0v) is 18.4. The molecule has 0 spiro atoms. The molecule has 0 saturated carbocycles. The molecule has 0 unspecified atom stereocenters. The van der Waals surface area contributed by atoms with E-state index in [1.165, 1.54) is 0 Å². The van der Waals surface area contributed by atoms with Crippen molar-refractivity contribution in [2.45, 2.75) is 22.6 Å². The Labute approximate surface area is 191 Å². The molecule has 0 bridgehead atoms. The fourth-order valence-electron chi connectivity index (χ4n) is 2.25. The standard InChI is InChI=1S/C18H16N2O12S2/c19-11(17(23)31-15-7-9(33(25,26)27)1-5-13(15)21)3-4-12(20)18(24)32-16-8-10(34(28,29)30)2-6-14(16)22/h1-2,5-8,19-22H,3-4H2,(H,25,26,27)(H,28,29,30). The molecule has 2 aromatic rings. The van der Waals surface area contributed by atoms with Crippen molar-refractivity contribution in [3.05, 3.63) is 36.4 Å². The van der Waals surface area contributed by atoms with Gasteiger partial charge in [0.2, 0.25) is 0 Å². The average Bonchev–Trinajstić information content (AvgIpc) is 2.72. The zero-order chi connectivity index (χ0) is 25.8. The number of carbonyl (C=O) groups excluding carboxylic acids is 2. The maximum Gasteiger partial charge on any atom is 0.357 e. The highest BCUT2D eigenvalue weighted by Crippen LogP contribution is 2.30. The van der Waals surface area contributed by atoms with Crippen LogP contribution < -0.4 is 9.47 Å². The molecule has 34 heavy (non-hydrogen) atoms. The van der Waals surface area contributed by atoms with Crippen LogP contribution in [0.2, 0.25) is 0 Å². The summed E-state index contributed by atoms with van der Waals surface area (Å²) in [6.07, 6.45) is -1.08. The van der Waals surface area contributed by atoms with E-state index in [2.05, 4.69) is 0 Å². The van der Waals surface area contributed by atoms with Gasteiger partial charge in [0.1, 0.15) is 11.4 Å². The van der Waals surface area contributed by atoms with Crippen LogP contribution in [-0.4, -0.2) is 59.5 Å². The lowest BCUT2D eigenvalue weighted by Gasteiger charge is -2.09. The number of ether oxygens (including phenoxy) is 2. The Morgan fingerprint density at radius 3 is 1.32 bits per heavy atom. The smallest absolute Gasteiger partial charge is 0.357 e. The molecule has 14 nitrogen and oxygen atoms in total. The molecule has 0 atom stereocenters. The van der Waals surface area contributed by atoms with E-state index >= 15 is 0 Å². The van der Waals surface area contributed by atoms with Gasteiger partial charge in [-0.2, -0.15) is 16.8 Å². The molecule has 6 N–H and O–H groups in total. The first-order valence-corrected chi connectivity index (χ1v) is 11.7. The molecular weight excluding hydrogens is 500 g/mol. The van der Waals surface area contributed by atoms with Crippen molar-refractivity contribution in [3.8, 4) is 23.0 Å². The maximum absolute atomic E-state index is 12.0. The summed E-state index contributed by atoms with van der Waals surface area (Å²) in [5, 5.41) is 34.7. The Balaban J connectivity index is 2.01. The molecule has 0 amide bonds. The van der Waals surface area contributed by atoms with Gasteiger partial charge in [0.05, 0.1) is 9.79 Å². The quantitative estimate of drug-likeness (QED) is 0.118. The van der Waals surface area contributed by atoms with Crippen LogP contribution in [0.25, 0.3) is 0 Å². The minimum absolute atomic E-state index is 0.539. The maximum atomic E-state index is 12.0. The molecule has 182 valence electrons. The van der Waals surface area contributed by atoms with Crippen molar-refractivity contribution in [2.24, 2.45) is 0 Å². The van der Waals surface area contributed by atoms with E-state index in [4.69, 9.17) is 29.4 Å². The van der Waals surface area contributed by atoms with Crippen LogP contribution in [0.15, 0.2) is 46.2 Å². The molecule has 0 heterocycles. The van der Waals surface area contributed by atoms with Gasteiger partial charge in [-0.05, 0) is 24.3 Å². The Kier molecular flexibility index (Phi) is 7.73.